The van der Waals surface area contributed by atoms with Crippen LogP contribution in [0.1, 0.15) is 36.8 Å². The normalized spacial score (nSPS) is 11.2. The first-order chi connectivity index (χ1) is 12.9. The van der Waals surface area contributed by atoms with Crippen LogP contribution >= 0.6 is 0 Å². The van der Waals surface area contributed by atoms with Crippen LogP contribution in [0.15, 0.2) is 24.3 Å². The second kappa shape index (κ2) is 17.4. The van der Waals surface area contributed by atoms with Gasteiger partial charge in [0, 0.05) is 13.1 Å². The molecule has 1 aromatic rings. The Kier molecular flexibility index (Phi) is 15.4. The van der Waals surface area contributed by atoms with Gasteiger partial charge in [-0.3, -0.25) is 0 Å². The van der Waals surface area contributed by atoms with Crippen LogP contribution in [0.4, 0.5) is 0 Å². The van der Waals surface area contributed by atoms with Gasteiger partial charge in [0.25, 0.3) is 0 Å². The summed E-state index contributed by atoms with van der Waals surface area (Å²) in [4.78, 5) is 0. The highest BCUT2D eigenvalue weighted by Crippen LogP contribution is 2.05. The summed E-state index contributed by atoms with van der Waals surface area (Å²) in [5.41, 5.74) is 13.6. The molecule has 0 spiro atoms. The number of rotatable bonds is 18. The number of nitrogens with two attached hydrogens (primary N) is 2. The van der Waals surface area contributed by atoms with E-state index in [0.717, 1.165) is 91.1 Å². The van der Waals surface area contributed by atoms with E-state index < -0.39 is 0 Å². The van der Waals surface area contributed by atoms with Gasteiger partial charge < -0.3 is 32.7 Å². The van der Waals surface area contributed by atoms with E-state index in [9.17, 15) is 0 Å². The summed E-state index contributed by atoms with van der Waals surface area (Å²) in [5, 5.41) is 13.8. The molecule has 1 rings (SSSR count). The first-order valence-electron chi connectivity index (χ1n) is 10.2. The lowest BCUT2D eigenvalue weighted by atomic mass is 10.1. The average Bonchev–Trinajstić information content (AvgIpc) is 2.66. The van der Waals surface area contributed by atoms with Gasteiger partial charge in [-0.2, -0.15) is 0 Å². The van der Waals surface area contributed by atoms with E-state index in [2.05, 4.69) is 45.5 Å². The first kappa shape index (κ1) is 23.0. The zero-order valence-corrected chi connectivity index (χ0v) is 16.4. The van der Waals surface area contributed by atoms with E-state index in [4.69, 9.17) is 11.5 Å². The number of hydrogen-bond acceptors (Lipinski definition) is 6. The third-order valence-corrected chi connectivity index (χ3v) is 4.18. The zero-order valence-electron chi connectivity index (χ0n) is 16.4. The Morgan fingerprint density at radius 2 is 1.00 bits per heavy atom. The lowest BCUT2D eigenvalue weighted by Gasteiger charge is -2.09. The van der Waals surface area contributed by atoms with Crippen molar-refractivity contribution < 1.29 is 0 Å². The predicted octanol–water partition coefficient (Wildman–Crippen LogP) is 0.523. The van der Waals surface area contributed by atoms with Crippen molar-refractivity contribution in [2.45, 2.75) is 38.8 Å². The first-order valence-corrected chi connectivity index (χ1v) is 10.2. The summed E-state index contributed by atoms with van der Waals surface area (Å²) in [7, 11) is 0. The molecular weight excluding hydrogens is 324 g/mol. The highest BCUT2D eigenvalue weighted by Gasteiger charge is 1.97. The van der Waals surface area contributed by atoms with Crippen LogP contribution in [0.25, 0.3) is 0 Å². The fourth-order valence-corrected chi connectivity index (χ4v) is 2.70. The van der Waals surface area contributed by atoms with Crippen molar-refractivity contribution in [3.8, 4) is 0 Å². The van der Waals surface area contributed by atoms with Gasteiger partial charge in [0.05, 0.1) is 0 Å². The van der Waals surface area contributed by atoms with Crippen molar-refractivity contribution in [2.75, 3.05) is 52.4 Å². The summed E-state index contributed by atoms with van der Waals surface area (Å²) in [6, 6.07) is 8.82. The van der Waals surface area contributed by atoms with Crippen LogP contribution in [0.2, 0.25) is 0 Å². The maximum Gasteiger partial charge on any atom is 0.0205 e. The molecule has 0 saturated carbocycles. The molecule has 8 N–H and O–H groups in total. The third-order valence-electron chi connectivity index (χ3n) is 4.18. The molecule has 150 valence electrons. The quantitative estimate of drug-likeness (QED) is 0.213. The van der Waals surface area contributed by atoms with Gasteiger partial charge in [-0.05, 0) is 89.2 Å². The zero-order chi connectivity index (χ0) is 18.7. The number of nitrogens with one attached hydrogen (secondary N) is 4. The fraction of sp³-hybridized carbons (Fsp3) is 0.700. The molecule has 0 heterocycles. The van der Waals surface area contributed by atoms with Crippen molar-refractivity contribution in [3.05, 3.63) is 35.4 Å². The minimum atomic E-state index is 0.766. The molecule has 0 aliphatic rings. The molecule has 6 heteroatoms. The Hall–Kier alpha value is -1.02. The molecule has 0 aromatic heterocycles. The molecular formula is C20H40N6. The molecule has 0 radical (unpaired) electrons. The molecule has 6 nitrogen and oxygen atoms in total. The Morgan fingerprint density at radius 3 is 1.46 bits per heavy atom. The largest absolute Gasteiger partial charge is 0.330 e. The summed E-state index contributed by atoms with van der Waals surface area (Å²) in [6.07, 6.45) is 4.40. The predicted molar refractivity (Wildman–Crippen MR) is 112 cm³/mol. The van der Waals surface area contributed by atoms with Crippen LogP contribution in [0.5, 0.6) is 0 Å². The van der Waals surface area contributed by atoms with Crippen molar-refractivity contribution in [1.29, 1.82) is 0 Å². The summed E-state index contributed by atoms with van der Waals surface area (Å²) in [5.74, 6) is 0. The van der Waals surface area contributed by atoms with E-state index in [1.54, 1.807) is 0 Å². The fourth-order valence-electron chi connectivity index (χ4n) is 2.70. The van der Waals surface area contributed by atoms with Crippen LogP contribution in [-0.4, -0.2) is 52.4 Å². The van der Waals surface area contributed by atoms with E-state index >= 15 is 0 Å². The standard InChI is InChI=1S/C20H40N6/c21-8-2-10-23-12-4-14-25-17-19-6-1-7-20(16-19)18-26-15-5-13-24-11-3-9-22/h1,6-7,16,23-26H,2-5,8-15,17-18,21-22H2. The molecule has 0 aliphatic carbocycles. The second-order valence-corrected chi connectivity index (χ2v) is 6.67. The molecule has 0 fully saturated rings. The molecule has 0 unspecified atom stereocenters. The maximum atomic E-state index is 5.47. The lowest BCUT2D eigenvalue weighted by Crippen LogP contribution is -2.24. The van der Waals surface area contributed by atoms with Gasteiger partial charge in [-0.25, -0.2) is 0 Å². The Balaban J connectivity index is 2.03. The smallest absolute Gasteiger partial charge is 0.0205 e. The van der Waals surface area contributed by atoms with E-state index in [0.29, 0.717) is 0 Å². The highest BCUT2D eigenvalue weighted by molar-refractivity contribution is 5.23. The van der Waals surface area contributed by atoms with Crippen molar-refractivity contribution in [1.82, 2.24) is 21.3 Å². The summed E-state index contributed by atoms with van der Waals surface area (Å²) >= 11 is 0. The van der Waals surface area contributed by atoms with Gasteiger partial charge in [0.1, 0.15) is 0 Å². The minimum absolute atomic E-state index is 0.766. The van der Waals surface area contributed by atoms with Gasteiger partial charge in [0.15, 0.2) is 0 Å². The Morgan fingerprint density at radius 1 is 0.577 bits per heavy atom. The van der Waals surface area contributed by atoms with Crippen LogP contribution < -0.4 is 32.7 Å². The SMILES string of the molecule is NCCCNCCCNCc1cccc(CNCCCNCCCN)c1. The highest BCUT2D eigenvalue weighted by atomic mass is 14.9. The second-order valence-electron chi connectivity index (χ2n) is 6.67. The van der Waals surface area contributed by atoms with Crippen LogP contribution in [-0.2, 0) is 13.1 Å². The molecule has 0 bridgehead atoms. The molecule has 26 heavy (non-hydrogen) atoms. The summed E-state index contributed by atoms with van der Waals surface area (Å²) in [6.45, 7) is 9.62. The van der Waals surface area contributed by atoms with Crippen LogP contribution in [0, 0.1) is 0 Å². The van der Waals surface area contributed by atoms with E-state index in [-0.39, 0.29) is 0 Å². The number of benzene rings is 1. The monoisotopic (exact) mass is 364 g/mol. The van der Waals surface area contributed by atoms with E-state index in [1.165, 1.54) is 11.1 Å². The van der Waals surface area contributed by atoms with Crippen molar-refractivity contribution >= 4 is 0 Å². The van der Waals surface area contributed by atoms with Gasteiger partial charge >= 0.3 is 0 Å². The molecule has 0 atom stereocenters. The van der Waals surface area contributed by atoms with Gasteiger partial charge in [-0.15, -0.1) is 0 Å². The Bertz CT molecular complexity index is 391. The minimum Gasteiger partial charge on any atom is -0.330 e. The molecule has 1 aromatic carbocycles. The molecule has 0 aliphatic heterocycles. The van der Waals surface area contributed by atoms with Gasteiger partial charge in [0.2, 0.25) is 0 Å². The topological polar surface area (TPSA) is 100 Å². The average molecular weight is 365 g/mol. The molecule has 0 saturated heterocycles. The summed E-state index contributed by atoms with van der Waals surface area (Å²) < 4.78 is 0. The van der Waals surface area contributed by atoms with Crippen molar-refractivity contribution in [2.24, 2.45) is 11.5 Å². The van der Waals surface area contributed by atoms with Crippen LogP contribution in [0.3, 0.4) is 0 Å². The van der Waals surface area contributed by atoms with Crippen molar-refractivity contribution in [3.63, 3.8) is 0 Å². The van der Waals surface area contributed by atoms with E-state index in [1.807, 2.05) is 0 Å². The lowest BCUT2D eigenvalue weighted by molar-refractivity contribution is 0.583. The van der Waals surface area contributed by atoms with Gasteiger partial charge in [-0.1, -0.05) is 24.3 Å². The third kappa shape index (κ3) is 13.2. The molecule has 0 amide bonds. The number of hydrogen-bond donors (Lipinski definition) is 6. The maximum absolute atomic E-state index is 5.47. The Labute approximate surface area is 159 Å².